The third-order valence-corrected chi connectivity index (χ3v) is 3.42. The molecule has 108 valence electrons. The second-order valence-corrected chi connectivity index (χ2v) is 5.36. The first-order valence-corrected chi connectivity index (χ1v) is 7.29. The first kappa shape index (κ1) is 15.6. The van der Waals surface area contributed by atoms with Gasteiger partial charge in [-0.25, -0.2) is 4.39 Å². The summed E-state index contributed by atoms with van der Waals surface area (Å²) in [5, 5.41) is 3.21. The van der Waals surface area contributed by atoms with Crippen LogP contribution < -0.4 is 10.1 Å². The van der Waals surface area contributed by atoms with Gasteiger partial charge in [0.2, 0.25) is 0 Å². The van der Waals surface area contributed by atoms with Crippen molar-refractivity contribution < 1.29 is 9.13 Å². The molecular formula is C17H15BrFNO. The highest BCUT2D eigenvalue weighted by molar-refractivity contribution is 9.10. The smallest absolute Gasteiger partial charge is 0.148 e. The minimum Gasteiger partial charge on any atom is -0.481 e. The van der Waals surface area contributed by atoms with Gasteiger partial charge in [0, 0.05) is 28.7 Å². The normalized spacial score (nSPS) is 10.1. The molecule has 2 aromatic carbocycles. The van der Waals surface area contributed by atoms with Gasteiger partial charge in [-0.3, -0.25) is 0 Å². The maximum Gasteiger partial charge on any atom is 0.148 e. The van der Waals surface area contributed by atoms with E-state index in [1.54, 1.807) is 12.1 Å². The standard InChI is InChI=1S/C17H15BrFNO/c1-2-9-21-17-8-7-15(18)10-14(17)12-20-11-13-5-3-4-6-16(13)19/h1,3-8,10,20H,9,11-12H2. The van der Waals surface area contributed by atoms with Gasteiger partial charge in [0.15, 0.2) is 0 Å². The Kier molecular flexibility index (Phi) is 5.79. The summed E-state index contributed by atoms with van der Waals surface area (Å²) in [5.74, 6) is 2.97. The fourth-order valence-corrected chi connectivity index (χ4v) is 2.33. The molecule has 0 fully saturated rings. The molecule has 0 unspecified atom stereocenters. The molecular weight excluding hydrogens is 333 g/mol. The third-order valence-electron chi connectivity index (χ3n) is 2.92. The highest BCUT2D eigenvalue weighted by Crippen LogP contribution is 2.23. The van der Waals surface area contributed by atoms with Gasteiger partial charge in [-0.1, -0.05) is 40.0 Å². The van der Waals surface area contributed by atoms with Crippen molar-refractivity contribution in [3.05, 3.63) is 63.9 Å². The van der Waals surface area contributed by atoms with E-state index >= 15 is 0 Å². The summed E-state index contributed by atoms with van der Waals surface area (Å²) in [4.78, 5) is 0. The van der Waals surface area contributed by atoms with E-state index in [1.165, 1.54) is 6.07 Å². The van der Waals surface area contributed by atoms with Crippen LogP contribution in [0, 0.1) is 18.2 Å². The Morgan fingerprint density at radius 2 is 1.90 bits per heavy atom. The second kappa shape index (κ2) is 7.82. The molecule has 0 saturated heterocycles. The van der Waals surface area contributed by atoms with Crippen LogP contribution in [0.5, 0.6) is 5.75 Å². The van der Waals surface area contributed by atoms with E-state index in [0.29, 0.717) is 18.7 Å². The van der Waals surface area contributed by atoms with Gasteiger partial charge < -0.3 is 10.1 Å². The van der Waals surface area contributed by atoms with Crippen LogP contribution in [-0.2, 0) is 13.1 Å². The van der Waals surface area contributed by atoms with E-state index in [1.807, 2.05) is 24.3 Å². The van der Waals surface area contributed by atoms with Crippen molar-refractivity contribution in [3.8, 4) is 18.1 Å². The van der Waals surface area contributed by atoms with Gasteiger partial charge in [0.1, 0.15) is 18.2 Å². The fourth-order valence-electron chi connectivity index (χ4n) is 1.92. The molecule has 0 amide bonds. The summed E-state index contributed by atoms with van der Waals surface area (Å²) in [6.45, 7) is 1.24. The van der Waals surface area contributed by atoms with Gasteiger partial charge >= 0.3 is 0 Å². The summed E-state index contributed by atoms with van der Waals surface area (Å²) in [6, 6.07) is 12.4. The van der Waals surface area contributed by atoms with Crippen LogP contribution in [0.15, 0.2) is 46.9 Å². The Balaban J connectivity index is 2.01. The molecule has 0 bridgehead atoms. The lowest BCUT2D eigenvalue weighted by Gasteiger charge is -2.11. The van der Waals surface area contributed by atoms with Crippen molar-refractivity contribution in [2.45, 2.75) is 13.1 Å². The van der Waals surface area contributed by atoms with E-state index in [-0.39, 0.29) is 12.4 Å². The van der Waals surface area contributed by atoms with Crippen molar-refractivity contribution in [1.82, 2.24) is 5.32 Å². The lowest BCUT2D eigenvalue weighted by atomic mass is 10.2. The molecule has 1 N–H and O–H groups in total. The molecule has 0 radical (unpaired) electrons. The predicted molar refractivity (Wildman–Crippen MR) is 85.4 cm³/mol. The summed E-state index contributed by atoms with van der Waals surface area (Å²) in [6.07, 6.45) is 5.21. The second-order valence-electron chi connectivity index (χ2n) is 4.44. The molecule has 2 rings (SSSR count). The van der Waals surface area contributed by atoms with Crippen LogP contribution in [0.1, 0.15) is 11.1 Å². The SMILES string of the molecule is C#CCOc1ccc(Br)cc1CNCc1ccccc1F. The van der Waals surface area contributed by atoms with Gasteiger partial charge in [-0.2, -0.15) is 0 Å². The molecule has 0 aromatic heterocycles. The summed E-state index contributed by atoms with van der Waals surface area (Å²) >= 11 is 3.43. The van der Waals surface area contributed by atoms with E-state index < -0.39 is 0 Å². The summed E-state index contributed by atoms with van der Waals surface area (Å²) in [7, 11) is 0. The molecule has 0 heterocycles. The van der Waals surface area contributed by atoms with Crippen molar-refractivity contribution in [3.63, 3.8) is 0 Å². The average molecular weight is 348 g/mol. The molecule has 0 saturated carbocycles. The zero-order chi connectivity index (χ0) is 15.1. The zero-order valence-electron chi connectivity index (χ0n) is 11.4. The van der Waals surface area contributed by atoms with Gasteiger partial charge in [0.05, 0.1) is 0 Å². The maximum atomic E-state index is 13.5. The Labute approximate surface area is 132 Å². The first-order chi connectivity index (χ1) is 10.2. The minimum atomic E-state index is -0.206. The van der Waals surface area contributed by atoms with Crippen LogP contribution in [0.2, 0.25) is 0 Å². The predicted octanol–water partition coefficient (Wildman–Crippen LogP) is 3.89. The van der Waals surface area contributed by atoms with Gasteiger partial charge in [-0.15, -0.1) is 6.42 Å². The van der Waals surface area contributed by atoms with Crippen LogP contribution >= 0.6 is 15.9 Å². The molecule has 0 atom stereocenters. The molecule has 0 aliphatic carbocycles. The van der Waals surface area contributed by atoms with Crippen molar-refractivity contribution in [1.29, 1.82) is 0 Å². The summed E-state index contributed by atoms with van der Waals surface area (Å²) < 4.78 is 20.0. The van der Waals surface area contributed by atoms with Crippen LogP contribution in [0.4, 0.5) is 4.39 Å². The molecule has 2 nitrogen and oxygen atoms in total. The Morgan fingerprint density at radius 1 is 1.14 bits per heavy atom. The number of halogens is 2. The van der Waals surface area contributed by atoms with E-state index in [0.717, 1.165) is 15.8 Å². The van der Waals surface area contributed by atoms with Crippen LogP contribution in [0.25, 0.3) is 0 Å². The maximum absolute atomic E-state index is 13.5. The zero-order valence-corrected chi connectivity index (χ0v) is 13.0. The molecule has 4 heteroatoms. The number of rotatable bonds is 6. The summed E-state index contributed by atoms with van der Waals surface area (Å²) in [5.41, 5.74) is 1.61. The Hall–Kier alpha value is -1.83. The van der Waals surface area contributed by atoms with Gasteiger partial charge in [-0.05, 0) is 24.3 Å². The number of hydrogen-bond donors (Lipinski definition) is 1. The number of nitrogens with one attached hydrogen (secondary N) is 1. The molecule has 21 heavy (non-hydrogen) atoms. The van der Waals surface area contributed by atoms with Gasteiger partial charge in [0.25, 0.3) is 0 Å². The number of ether oxygens (including phenoxy) is 1. The van der Waals surface area contributed by atoms with Crippen LogP contribution in [-0.4, -0.2) is 6.61 Å². The lowest BCUT2D eigenvalue weighted by Crippen LogP contribution is -2.14. The van der Waals surface area contributed by atoms with E-state index in [2.05, 4.69) is 27.2 Å². The topological polar surface area (TPSA) is 21.3 Å². The average Bonchev–Trinajstić information content (AvgIpc) is 2.48. The lowest BCUT2D eigenvalue weighted by molar-refractivity contribution is 0.364. The Bertz CT molecular complexity index is 651. The van der Waals surface area contributed by atoms with E-state index in [9.17, 15) is 4.39 Å². The highest BCUT2D eigenvalue weighted by Gasteiger charge is 2.05. The van der Waals surface area contributed by atoms with E-state index in [4.69, 9.17) is 11.2 Å². The number of benzene rings is 2. The van der Waals surface area contributed by atoms with Crippen molar-refractivity contribution in [2.24, 2.45) is 0 Å². The highest BCUT2D eigenvalue weighted by atomic mass is 79.9. The fraction of sp³-hybridized carbons (Fsp3) is 0.176. The number of hydrogen-bond acceptors (Lipinski definition) is 2. The molecule has 0 aliphatic rings. The third kappa shape index (κ3) is 4.59. The largest absolute Gasteiger partial charge is 0.481 e. The first-order valence-electron chi connectivity index (χ1n) is 6.49. The Morgan fingerprint density at radius 3 is 2.67 bits per heavy atom. The minimum absolute atomic E-state index is 0.206. The quantitative estimate of drug-likeness (QED) is 0.800. The molecule has 0 spiro atoms. The van der Waals surface area contributed by atoms with Crippen molar-refractivity contribution >= 4 is 15.9 Å². The van der Waals surface area contributed by atoms with Crippen molar-refractivity contribution in [2.75, 3.05) is 6.61 Å². The monoisotopic (exact) mass is 347 g/mol. The number of terminal acetylenes is 1. The molecule has 0 aliphatic heterocycles. The van der Waals surface area contributed by atoms with Crippen LogP contribution in [0.3, 0.4) is 0 Å². The molecule has 2 aromatic rings.